The molecule has 1 unspecified atom stereocenters. The van der Waals surface area contributed by atoms with E-state index in [1.54, 1.807) is 37.9 Å². The van der Waals surface area contributed by atoms with Crippen molar-refractivity contribution >= 4 is 23.8 Å². The summed E-state index contributed by atoms with van der Waals surface area (Å²) in [6.07, 6.45) is 3.83. The van der Waals surface area contributed by atoms with E-state index < -0.39 is 0 Å². The number of thioether (sulfide) groups is 1. The number of amides is 1. The highest BCUT2D eigenvalue weighted by atomic mass is 32.2. The van der Waals surface area contributed by atoms with E-state index >= 15 is 0 Å². The Hall–Kier alpha value is -1.96. The van der Waals surface area contributed by atoms with Gasteiger partial charge in [0, 0.05) is 25.9 Å². The summed E-state index contributed by atoms with van der Waals surface area (Å²) in [5.74, 6) is 1.66. The smallest absolute Gasteiger partial charge is 0.407 e. The first kappa shape index (κ1) is 21.3. The van der Waals surface area contributed by atoms with Gasteiger partial charge in [-0.1, -0.05) is 6.07 Å². The van der Waals surface area contributed by atoms with Gasteiger partial charge in [-0.3, -0.25) is 4.99 Å². The summed E-state index contributed by atoms with van der Waals surface area (Å²) in [6.45, 7) is 3.27. The zero-order valence-electron chi connectivity index (χ0n) is 16.2. The Morgan fingerprint density at radius 2 is 2.15 bits per heavy atom. The summed E-state index contributed by atoms with van der Waals surface area (Å²) < 4.78 is 18.5. The van der Waals surface area contributed by atoms with Gasteiger partial charge in [-0.15, -0.1) is 0 Å². The van der Waals surface area contributed by atoms with Crippen LogP contribution in [0.25, 0.3) is 0 Å². The maximum Gasteiger partial charge on any atom is 0.407 e. The van der Waals surface area contributed by atoms with E-state index in [0.717, 1.165) is 29.7 Å². The summed E-state index contributed by atoms with van der Waals surface area (Å²) in [4.78, 5) is 15.9. The molecule has 1 atom stereocenters. The number of hydrogen-bond donors (Lipinski definition) is 3. The van der Waals surface area contributed by atoms with Gasteiger partial charge in [0.15, 0.2) is 5.96 Å². The fraction of sp³-hybridized carbons (Fsp3) is 0.579. The van der Waals surface area contributed by atoms with E-state index in [-0.39, 0.29) is 18.0 Å². The lowest BCUT2D eigenvalue weighted by atomic mass is 10.1. The normalized spacial score (nSPS) is 15.2. The Morgan fingerprint density at radius 1 is 1.37 bits per heavy atom. The van der Waals surface area contributed by atoms with Crippen LogP contribution in [0.1, 0.15) is 30.9 Å². The Bertz CT molecular complexity index is 653. The third-order valence-corrected chi connectivity index (χ3v) is 5.00. The second-order valence-electron chi connectivity index (χ2n) is 6.46. The predicted octanol–water partition coefficient (Wildman–Crippen LogP) is 2.88. The first-order valence-electron chi connectivity index (χ1n) is 9.21. The number of nitrogens with one attached hydrogen (secondary N) is 3. The first-order chi connectivity index (χ1) is 13.1. The molecule has 1 aromatic rings. The van der Waals surface area contributed by atoms with Crippen molar-refractivity contribution in [1.29, 1.82) is 0 Å². The average molecular weight is 397 g/mol. The summed E-state index contributed by atoms with van der Waals surface area (Å²) in [5, 5.41) is 9.44. The van der Waals surface area contributed by atoms with Crippen molar-refractivity contribution in [2.24, 2.45) is 10.9 Å². The van der Waals surface area contributed by atoms with Crippen molar-refractivity contribution in [1.82, 2.24) is 16.0 Å². The molecule has 1 aromatic carbocycles. The van der Waals surface area contributed by atoms with E-state index in [1.807, 2.05) is 6.26 Å². The zero-order chi connectivity index (χ0) is 19.6. The van der Waals surface area contributed by atoms with E-state index in [0.29, 0.717) is 31.6 Å². The monoisotopic (exact) mass is 396 g/mol. The van der Waals surface area contributed by atoms with Crippen LogP contribution < -0.4 is 16.0 Å². The largest absolute Gasteiger partial charge is 0.450 e. The lowest BCUT2D eigenvalue weighted by molar-refractivity contribution is 0.146. The number of alkyl carbamates (subject to hydrolysis) is 1. The third-order valence-electron chi connectivity index (χ3n) is 4.40. The molecule has 2 rings (SSSR count). The standard InChI is InChI=1S/C19H29FN4O2S/c1-4-26-19(25)24-17(13-5-6-13)11-23-18(21-2)22-10-14-7-8-16(20)9-15(14)12-27-3/h7-9,13,17H,4-6,10-12H2,1-3H3,(H,24,25)(H2,21,22,23). The highest BCUT2D eigenvalue weighted by Gasteiger charge is 2.32. The minimum atomic E-state index is -0.382. The van der Waals surface area contributed by atoms with Crippen molar-refractivity contribution in [3.8, 4) is 0 Å². The lowest BCUT2D eigenvalue weighted by Crippen LogP contribution is -2.48. The van der Waals surface area contributed by atoms with Crippen LogP contribution in [0.5, 0.6) is 0 Å². The number of rotatable bonds is 9. The van der Waals surface area contributed by atoms with Gasteiger partial charge in [-0.2, -0.15) is 11.8 Å². The molecule has 1 aliphatic rings. The molecule has 3 N–H and O–H groups in total. The number of carbonyl (C=O) groups is 1. The van der Waals surface area contributed by atoms with Gasteiger partial charge in [-0.25, -0.2) is 9.18 Å². The van der Waals surface area contributed by atoms with Crippen LogP contribution in [0.15, 0.2) is 23.2 Å². The molecule has 0 bridgehead atoms. The summed E-state index contributed by atoms with van der Waals surface area (Å²) >= 11 is 1.66. The van der Waals surface area contributed by atoms with Gasteiger partial charge in [0.2, 0.25) is 0 Å². The van der Waals surface area contributed by atoms with Crippen molar-refractivity contribution in [2.45, 2.75) is 38.1 Å². The molecule has 0 spiro atoms. The minimum Gasteiger partial charge on any atom is -0.450 e. The van der Waals surface area contributed by atoms with Crippen molar-refractivity contribution < 1.29 is 13.9 Å². The molecule has 8 heteroatoms. The molecule has 1 saturated carbocycles. The van der Waals surface area contributed by atoms with Crippen molar-refractivity contribution in [2.75, 3.05) is 26.5 Å². The molecule has 6 nitrogen and oxygen atoms in total. The lowest BCUT2D eigenvalue weighted by Gasteiger charge is -2.20. The fourth-order valence-corrected chi connectivity index (χ4v) is 3.40. The molecule has 0 radical (unpaired) electrons. The van der Waals surface area contributed by atoms with Crippen molar-refractivity contribution in [3.05, 3.63) is 35.1 Å². The Kier molecular flexibility index (Phi) is 8.71. The second kappa shape index (κ2) is 11.0. The molecule has 0 heterocycles. The van der Waals surface area contributed by atoms with Crippen LogP contribution in [0.3, 0.4) is 0 Å². The molecule has 27 heavy (non-hydrogen) atoms. The number of halogens is 1. The van der Waals surface area contributed by atoms with E-state index in [1.165, 1.54) is 6.07 Å². The van der Waals surface area contributed by atoms with Crippen molar-refractivity contribution in [3.63, 3.8) is 0 Å². The molecule has 150 valence electrons. The minimum absolute atomic E-state index is 0.0143. The van der Waals surface area contributed by atoms with E-state index in [9.17, 15) is 9.18 Å². The molecule has 1 fully saturated rings. The Balaban J connectivity index is 1.87. The molecule has 0 aliphatic heterocycles. The maximum atomic E-state index is 13.5. The molecule has 1 amide bonds. The maximum absolute atomic E-state index is 13.5. The van der Waals surface area contributed by atoms with Crippen LogP contribution in [0, 0.1) is 11.7 Å². The third kappa shape index (κ3) is 7.28. The number of carbonyl (C=O) groups excluding carboxylic acids is 1. The SMILES string of the molecule is CCOC(=O)NC(CNC(=NC)NCc1ccc(F)cc1CSC)C1CC1. The number of aliphatic imine (C=N–C) groups is 1. The zero-order valence-corrected chi connectivity index (χ0v) is 17.0. The van der Waals surface area contributed by atoms with Crippen LogP contribution in [-0.4, -0.2) is 44.5 Å². The van der Waals surface area contributed by atoms with Crippen LogP contribution in [0.2, 0.25) is 0 Å². The summed E-state index contributed by atoms with van der Waals surface area (Å²) in [5.41, 5.74) is 2.02. The van der Waals surface area contributed by atoms with Gasteiger partial charge in [0.25, 0.3) is 0 Å². The highest BCUT2D eigenvalue weighted by molar-refractivity contribution is 7.97. The predicted molar refractivity (Wildman–Crippen MR) is 108 cm³/mol. The Labute approximate surface area is 164 Å². The number of benzene rings is 1. The topological polar surface area (TPSA) is 74.8 Å². The highest BCUT2D eigenvalue weighted by Crippen LogP contribution is 2.32. The number of guanidine groups is 1. The molecule has 0 aromatic heterocycles. The molecular formula is C19H29FN4O2S. The summed E-state index contributed by atoms with van der Waals surface area (Å²) in [6, 6.07) is 4.87. The number of nitrogens with zero attached hydrogens (tertiary/aromatic N) is 1. The van der Waals surface area contributed by atoms with Gasteiger partial charge in [-0.05, 0) is 55.2 Å². The molecular weight excluding hydrogens is 367 g/mol. The quantitative estimate of drug-likeness (QED) is 0.442. The average Bonchev–Trinajstić information content (AvgIpc) is 3.47. The van der Waals surface area contributed by atoms with Crippen LogP contribution >= 0.6 is 11.8 Å². The molecule has 0 saturated heterocycles. The number of hydrogen-bond acceptors (Lipinski definition) is 4. The fourth-order valence-electron chi connectivity index (χ4n) is 2.82. The Morgan fingerprint density at radius 3 is 2.78 bits per heavy atom. The van der Waals surface area contributed by atoms with Gasteiger partial charge in [0.05, 0.1) is 12.6 Å². The van der Waals surface area contributed by atoms with E-state index in [2.05, 4.69) is 20.9 Å². The molecule has 1 aliphatic carbocycles. The van der Waals surface area contributed by atoms with Gasteiger partial charge in [0.1, 0.15) is 5.82 Å². The number of ether oxygens (including phenoxy) is 1. The van der Waals surface area contributed by atoms with Crippen LogP contribution in [0.4, 0.5) is 9.18 Å². The second-order valence-corrected chi connectivity index (χ2v) is 7.33. The first-order valence-corrected chi connectivity index (χ1v) is 10.6. The summed E-state index contributed by atoms with van der Waals surface area (Å²) in [7, 11) is 1.70. The van der Waals surface area contributed by atoms with E-state index in [4.69, 9.17) is 4.74 Å². The van der Waals surface area contributed by atoms with Crippen LogP contribution in [-0.2, 0) is 17.0 Å². The van der Waals surface area contributed by atoms with Gasteiger partial charge >= 0.3 is 6.09 Å². The van der Waals surface area contributed by atoms with Gasteiger partial charge < -0.3 is 20.7 Å².